The van der Waals surface area contributed by atoms with Gasteiger partial charge in [-0.15, -0.1) is 0 Å². The predicted octanol–water partition coefficient (Wildman–Crippen LogP) is 3.79. The highest BCUT2D eigenvalue weighted by atomic mass is 35.5. The van der Waals surface area contributed by atoms with Crippen molar-refractivity contribution in [3.8, 4) is 5.75 Å². The molecule has 1 saturated heterocycles. The largest absolute Gasteiger partial charge is 0.495 e. The minimum Gasteiger partial charge on any atom is -0.495 e. The van der Waals surface area contributed by atoms with Gasteiger partial charge in [-0.2, -0.15) is 0 Å². The molecule has 1 fully saturated rings. The molecule has 2 aromatic carbocycles. The number of nitrogens with one attached hydrogen (secondary N) is 1. The molecule has 2 heterocycles. The molecule has 29 heavy (non-hydrogen) atoms. The highest BCUT2D eigenvalue weighted by Gasteiger charge is 2.22. The third kappa shape index (κ3) is 4.14. The quantitative estimate of drug-likeness (QED) is 0.662. The molecule has 0 bridgehead atoms. The van der Waals surface area contributed by atoms with Crippen LogP contribution in [0.4, 0.5) is 28.7 Å². The number of anilines is 5. The molecule has 0 saturated carbocycles. The molecule has 4 rings (SSSR count). The maximum atomic E-state index is 6.42. The standard InChI is InChI=1S/C21H23ClN6O/c1-29-18-8-3-2-7-17(18)26-20-19(23)21(25-14-24-20)28-11-9-27(10-12-28)16-6-4-5-15(22)13-16/h2-8,13-14H,9-12,23H2,1H3,(H,24,25,26). The van der Waals surface area contributed by atoms with Gasteiger partial charge in [0.05, 0.1) is 12.8 Å². The lowest BCUT2D eigenvalue weighted by molar-refractivity contribution is 0.417. The number of methoxy groups -OCH3 is 1. The van der Waals surface area contributed by atoms with Crippen LogP contribution in [0.2, 0.25) is 5.02 Å². The van der Waals surface area contributed by atoms with Crippen LogP contribution in [0.5, 0.6) is 5.75 Å². The zero-order valence-corrected chi connectivity index (χ0v) is 16.9. The number of benzene rings is 2. The number of nitrogen functional groups attached to an aromatic ring is 1. The van der Waals surface area contributed by atoms with Crippen LogP contribution >= 0.6 is 11.6 Å². The number of halogens is 1. The Morgan fingerprint density at radius 2 is 1.76 bits per heavy atom. The molecule has 150 valence electrons. The minimum absolute atomic E-state index is 0.523. The molecule has 1 aromatic heterocycles. The molecule has 3 aromatic rings. The van der Waals surface area contributed by atoms with Crippen molar-refractivity contribution in [3.63, 3.8) is 0 Å². The van der Waals surface area contributed by atoms with E-state index in [0.717, 1.165) is 54.1 Å². The number of para-hydroxylation sites is 2. The Hall–Kier alpha value is -3.19. The second-order valence-corrected chi connectivity index (χ2v) is 7.18. The highest BCUT2D eigenvalue weighted by molar-refractivity contribution is 6.30. The van der Waals surface area contributed by atoms with E-state index in [1.807, 2.05) is 42.5 Å². The van der Waals surface area contributed by atoms with Gasteiger partial charge in [0, 0.05) is 36.9 Å². The lowest BCUT2D eigenvalue weighted by Crippen LogP contribution is -2.47. The number of hydrogen-bond donors (Lipinski definition) is 2. The number of nitrogens with zero attached hydrogens (tertiary/aromatic N) is 4. The minimum atomic E-state index is 0.523. The number of piperazine rings is 1. The number of aromatic nitrogens is 2. The number of rotatable bonds is 5. The van der Waals surface area contributed by atoms with Crippen LogP contribution < -0.4 is 25.6 Å². The Kier molecular flexibility index (Phi) is 5.57. The second-order valence-electron chi connectivity index (χ2n) is 6.74. The van der Waals surface area contributed by atoms with Crippen molar-refractivity contribution >= 4 is 40.3 Å². The lowest BCUT2D eigenvalue weighted by Gasteiger charge is -2.37. The zero-order chi connectivity index (χ0) is 20.2. The molecule has 0 atom stereocenters. The van der Waals surface area contributed by atoms with Crippen molar-refractivity contribution in [2.75, 3.05) is 54.1 Å². The highest BCUT2D eigenvalue weighted by Crippen LogP contribution is 2.33. The zero-order valence-electron chi connectivity index (χ0n) is 16.2. The monoisotopic (exact) mass is 410 g/mol. The van der Waals surface area contributed by atoms with E-state index in [9.17, 15) is 0 Å². The molecule has 0 amide bonds. The molecule has 8 heteroatoms. The summed E-state index contributed by atoms with van der Waals surface area (Å²) in [5.41, 5.74) is 8.87. The van der Waals surface area contributed by atoms with E-state index < -0.39 is 0 Å². The summed E-state index contributed by atoms with van der Waals surface area (Å²) in [6, 6.07) is 15.6. The van der Waals surface area contributed by atoms with Gasteiger partial charge in [-0.1, -0.05) is 29.8 Å². The van der Waals surface area contributed by atoms with E-state index in [0.29, 0.717) is 11.5 Å². The fraction of sp³-hybridized carbons (Fsp3) is 0.238. The van der Waals surface area contributed by atoms with Crippen LogP contribution in [0, 0.1) is 0 Å². The Balaban J connectivity index is 1.49. The van der Waals surface area contributed by atoms with Crippen LogP contribution in [0.15, 0.2) is 54.9 Å². The smallest absolute Gasteiger partial charge is 0.159 e. The number of ether oxygens (including phenoxy) is 1. The van der Waals surface area contributed by atoms with E-state index in [1.165, 1.54) is 6.33 Å². The summed E-state index contributed by atoms with van der Waals surface area (Å²) < 4.78 is 5.39. The van der Waals surface area contributed by atoms with Crippen LogP contribution in [0.1, 0.15) is 0 Å². The summed E-state index contributed by atoms with van der Waals surface area (Å²) in [5, 5.41) is 4.01. The fourth-order valence-corrected chi connectivity index (χ4v) is 3.65. The summed E-state index contributed by atoms with van der Waals surface area (Å²) in [6.07, 6.45) is 1.53. The van der Waals surface area contributed by atoms with Gasteiger partial charge >= 0.3 is 0 Å². The van der Waals surface area contributed by atoms with Gasteiger partial charge in [-0.25, -0.2) is 9.97 Å². The molecule has 0 aliphatic carbocycles. The van der Waals surface area contributed by atoms with E-state index in [4.69, 9.17) is 22.1 Å². The first-order valence-electron chi connectivity index (χ1n) is 9.41. The molecule has 1 aliphatic heterocycles. The van der Waals surface area contributed by atoms with Crippen LogP contribution in [0.25, 0.3) is 0 Å². The first-order chi connectivity index (χ1) is 14.2. The summed E-state index contributed by atoms with van der Waals surface area (Å²) in [7, 11) is 1.63. The average Bonchev–Trinajstić information content (AvgIpc) is 2.76. The van der Waals surface area contributed by atoms with Gasteiger partial charge in [0.15, 0.2) is 11.6 Å². The summed E-state index contributed by atoms with van der Waals surface area (Å²) in [5.74, 6) is 2.03. The van der Waals surface area contributed by atoms with Crippen molar-refractivity contribution in [1.82, 2.24) is 9.97 Å². The summed E-state index contributed by atoms with van der Waals surface area (Å²) >= 11 is 6.13. The average molecular weight is 411 g/mol. The fourth-order valence-electron chi connectivity index (χ4n) is 3.46. The first-order valence-corrected chi connectivity index (χ1v) is 9.79. The van der Waals surface area contributed by atoms with Crippen molar-refractivity contribution in [2.24, 2.45) is 0 Å². The van der Waals surface area contributed by atoms with Crippen molar-refractivity contribution in [2.45, 2.75) is 0 Å². The van der Waals surface area contributed by atoms with E-state index in [1.54, 1.807) is 7.11 Å². The molecule has 0 unspecified atom stereocenters. The SMILES string of the molecule is COc1ccccc1Nc1ncnc(N2CCN(c3cccc(Cl)c3)CC2)c1N. The lowest BCUT2D eigenvalue weighted by atomic mass is 10.2. The van der Waals surface area contributed by atoms with Crippen molar-refractivity contribution in [3.05, 3.63) is 59.9 Å². The van der Waals surface area contributed by atoms with Gasteiger partial charge in [0.25, 0.3) is 0 Å². The van der Waals surface area contributed by atoms with Gasteiger partial charge < -0.3 is 25.6 Å². The Morgan fingerprint density at radius 3 is 2.52 bits per heavy atom. The molecule has 0 spiro atoms. The third-order valence-corrected chi connectivity index (χ3v) is 5.21. The number of nitrogens with two attached hydrogens (primary N) is 1. The molecular weight excluding hydrogens is 388 g/mol. The topological polar surface area (TPSA) is 79.5 Å². The van der Waals surface area contributed by atoms with Gasteiger partial charge in [-0.3, -0.25) is 0 Å². The Labute approximate surface area is 175 Å². The second kappa shape index (κ2) is 8.45. The van der Waals surface area contributed by atoms with Gasteiger partial charge in [0.2, 0.25) is 0 Å². The van der Waals surface area contributed by atoms with Crippen molar-refractivity contribution in [1.29, 1.82) is 0 Å². The van der Waals surface area contributed by atoms with E-state index in [-0.39, 0.29) is 0 Å². The van der Waals surface area contributed by atoms with Crippen LogP contribution in [-0.4, -0.2) is 43.3 Å². The Morgan fingerprint density at radius 1 is 1.00 bits per heavy atom. The third-order valence-electron chi connectivity index (χ3n) is 4.98. The maximum Gasteiger partial charge on any atom is 0.159 e. The number of hydrogen-bond acceptors (Lipinski definition) is 7. The normalized spacial score (nSPS) is 14.0. The predicted molar refractivity (Wildman–Crippen MR) is 119 cm³/mol. The summed E-state index contributed by atoms with van der Waals surface area (Å²) in [4.78, 5) is 13.3. The first kappa shape index (κ1) is 19.1. The van der Waals surface area contributed by atoms with Gasteiger partial charge in [0.1, 0.15) is 17.8 Å². The molecular formula is C21H23ClN6O. The molecule has 0 radical (unpaired) electrons. The van der Waals surface area contributed by atoms with Crippen LogP contribution in [0.3, 0.4) is 0 Å². The summed E-state index contributed by atoms with van der Waals surface area (Å²) in [6.45, 7) is 3.34. The van der Waals surface area contributed by atoms with E-state index in [2.05, 4.69) is 31.2 Å². The Bertz CT molecular complexity index is 990. The molecule has 1 aliphatic rings. The van der Waals surface area contributed by atoms with Crippen molar-refractivity contribution < 1.29 is 4.74 Å². The molecule has 7 nitrogen and oxygen atoms in total. The van der Waals surface area contributed by atoms with Crippen LogP contribution in [-0.2, 0) is 0 Å². The molecule has 3 N–H and O–H groups in total. The van der Waals surface area contributed by atoms with Gasteiger partial charge in [-0.05, 0) is 30.3 Å². The maximum absolute atomic E-state index is 6.42. The van der Waals surface area contributed by atoms with E-state index >= 15 is 0 Å².